The number of nitrogens with one attached hydrogen (secondary N) is 1. The van der Waals surface area contributed by atoms with E-state index in [4.69, 9.17) is 0 Å². The average Bonchev–Trinajstić information content (AvgIpc) is 2.52. The summed E-state index contributed by atoms with van der Waals surface area (Å²) in [4.78, 5) is 12.2. The molecule has 0 aliphatic carbocycles. The fraction of sp³-hybridized carbons (Fsp3) is 0.235. The van der Waals surface area contributed by atoms with Crippen molar-refractivity contribution >= 4 is 44.2 Å². The van der Waals surface area contributed by atoms with Crippen LogP contribution in [0.25, 0.3) is 0 Å². The topological polar surface area (TPSA) is 66.5 Å². The Morgan fingerprint density at radius 1 is 1.12 bits per heavy atom. The van der Waals surface area contributed by atoms with E-state index in [9.17, 15) is 13.2 Å². The maximum Gasteiger partial charge on any atom is 0.241 e. The van der Waals surface area contributed by atoms with Gasteiger partial charge in [0.05, 0.1) is 11.9 Å². The lowest BCUT2D eigenvalue weighted by Gasteiger charge is -2.22. The smallest absolute Gasteiger partial charge is 0.241 e. The molecule has 0 saturated carbocycles. The highest BCUT2D eigenvalue weighted by atomic mass is 127. The summed E-state index contributed by atoms with van der Waals surface area (Å²) in [6.07, 6.45) is 1.10. The normalized spacial score (nSPS) is 11.1. The Morgan fingerprint density at radius 2 is 1.75 bits per heavy atom. The summed E-state index contributed by atoms with van der Waals surface area (Å²) in [5.74, 6) is -0.345. The molecule has 24 heavy (non-hydrogen) atoms. The number of carbonyl (C=O) groups excluding carboxylic acids is 1. The number of sulfonamides is 1. The highest BCUT2D eigenvalue weighted by Gasteiger charge is 2.20. The minimum absolute atomic E-state index is 0.245. The van der Waals surface area contributed by atoms with E-state index < -0.39 is 10.0 Å². The van der Waals surface area contributed by atoms with Gasteiger partial charge in [-0.3, -0.25) is 9.10 Å². The first-order chi connectivity index (χ1) is 11.3. The number of rotatable bonds is 6. The lowest BCUT2D eigenvalue weighted by molar-refractivity contribution is -0.119. The van der Waals surface area contributed by atoms with Crippen LogP contribution in [0, 0.1) is 10.5 Å². The van der Waals surface area contributed by atoms with Crippen LogP contribution in [0.1, 0.15) is 11.1 Å². The molecule has 0 bridgehead atoms. The van der Waals surface area contributed by atoms with Crippen molar-refractivity contribution in [2.45, 2.75) is 13.5 Å². The summed E-state index contributed by atoms with van der Waals surface area (Å²) in [6, 6.07) is 14.7. The van der Waals surface area contributed by atoms with Gasteiger partial charge in [-0.05, 0) is 64.9 Å². The molecular weight excluding hydrogens is 439 g/mol. The van der Waals surface area contributed by atoms with Gasteiger partial charge in [0.15, 0.2) is 0 Å². The molecule has 0 heterocycles. The lowest BCUT2D eigenvalue weighted by atomic mass is 10.1. The highest BCUT2D eigenvalue weighted by Crippen LogP contribution is 2.19. The van der Waals surface area contributed by atoms with Crippen LogP contribution in [0.4, 0.5) is 5.69 Å². The molecule has 0 atom stereocenters. The van der Waals surface area contributed by atoms with E-state index in [1.807, 2.05) is 31.2 Å². The van der Waals surface area contributed by atoms with Crippen LogP contribution in [0.2, 0.25) is 0 Å². The van der Waals surface area contributed by atoms with Crippen LogP contribution in [-0.2, 0) is 21.4 Å². The molecule has 1 N–H and O–H groups in total. The number of nitrogens with zero attached hydrogens (tertiary/aromatic N) is 1. The predicted octanol–water partition coefficient (Wildman–Crippen LogP) is 2.68. The first kappa shape index (κ1) is 18.7. The molecule has 0 aromatic heterocycles. The molecule has 128 valence electrons. The number of hydrogen-bond acceptors (Lipinski definition) is 3. The number of anilines is 1. The second kappa shape index (κ2) is 7.98. The number of halogens is 1. The van der Waals surface area contributed by atoms with E-state index in [0.717, 1.165) is 25.3 Å². The Bertz CT molecular complexity index is 820. The lowest BCUT2D eigenvalue weighted by Crippen LogP contribution is -2.40. The number of benzene rings is 2. The van der Waals surface area contributed by atoms with Gasteiger partial charge in [0.2, 0.25) is 15.9 Å². The fourth-order valence-electron chi connectivity index (χ4n) is 2.20. The summed E-state index contributed by atoms with van der Waals surface area (Å²) in [5.41, 5.74) is 2.56. The van der Waals surface area contributed by atoms with Gasteiger partial charge in [-0.15, -0.1) is 0 Å². The Hall–Kier alpha value is -1.61. The maximum atomic E-state index is 12.2. The zero-order valence-electron chi connectivity index (χ0n) is 13.5. The third-order valence-electron chi connectivity index (χ3n) is 3.54. The summed E-state index contributed by atoms with van der Waals surface area (Å²) in [6.45, 7) is 2.09. The van der Waals surface area contributed by atoms with E-state index >= 15 is 0 Å². The molecule has 5 nitrogen and oxygen atoms in total. The van der Waals surface area contributed by atoms with E-state index in [-0.39, 0.29) is 12.5 Å². The SMILES string of the molecule is Cc1ccccc1CNC(=O)CN(c1ccc(I)cc1)S(C)(=O)=O. The van der Waals surface area contributed by atoms with Gasteiger partial charge in [-0.2, -0.15) is 0 Å². The van der Waals surface area contributed by atoms with Gasteiger partial charge >= 0.3 is 0 Å². The van der Waals surface area contributed by atoms with Gasteiger partial charge in [0.25, 0.3) is 0 Å². The molecule has 0 unspecified atom stereocenters. The number of carbonyl (C=O) groups is 1. The summed E-state index contributed by atoms with van der Waals surface area (Å²) < 4.78 is 26.2. The second-order valence-corrected chi connectivity index (χ2v) is 8.60. The third-order valence-corrected chi connectivity index (χ3v) is 5.40. The Labute approximate surface area is 156 Å². The van der Waals surface area contributed by atoms with Gasteiger partial charge in [0, 0.05) is 10.1 Å². The van der Waals surface area contributed by atoms with Crippen LogP contribution in [-0.4, -0.2) is 27.1 Å². The van der Waals surface area contributed by atoms with Crippen LogP contribution in [0.15, 0.2) is 48.5 Å². The molecule has 2 aromatic carbocycles. The monoisotopic (exact) mass is 458 g/mol. The van der Waals surface area contributed by atoms with Crippen molar-refractivity contribution < 1.29 is 13.2 Å². The highest BCUT2D eigenvalue weighted by molar-refractivity contribution is 14.1. The van der Waals surface area contributed by atoms with Crippen molar-refractivity contribution in [1.29, 1.82) is 0 Å². The minimum atomic E-state index is -3.55. The summed E-state index contributed by atoms with van der Waals surface area (Å²) in [5, 5.41) is 2.78. The van der Waals surface area contributed by atoms with Crippen molar-refractivity contribution in [3.8, 4) is 0 Å². The largest absolute Gasteiger partial charge is 0.350 e. The zero-order chi connectivity index (χ0) is 17.7. The van der Waals surface area contributed by atoms with Gasteiger partial charge < -0.3 is 5.32 Å². The zero-order valence-corrected chi connectivity index (χ0v) is 16.5. The van der Waals surface area contributed by atoms with Crippen LogP contribution < -0.4 is 9.62 Å². The van der Waals surface area contributed by atoms with Crippen LogP contribution >= 0.6 is 22.6 Å². The molecule has 0 saturated heterocycles. The molecule has 0 aliphatic rings. The standard InChI is InChI=1S/C17H19IN2O3S/c1-13-5-3-4-6-14(13)11-19-17(21)12-20(24(2,22)23)16-9-7-15(18)8-10-16/h3-10H,11-12H2,1-2H3,(H,19,21). The fourth-order valence-corrected chi connectivity index (χ4v) is 3.41. The number of aryl methyl sites for hydroxylation is 1. The summed E-state index contributed by atoms with van der Waals surface area (Å²) >= 11 is 2.14. The minimum Gasteiger partial charge on any atom is -0.350 e. The maximum absolute atomic E-state index is 12.2. The Balaban J connectivity index is 2.08. The first-order valence-electron chi connectivity index (χ1n) is 7.32. The van der Waals surface area contributed by atoms with Gasteiger partial charge in [-0.25, -0.2) is 8.42 Å². The van der Waals surface area contributed by atoms with Crippen molar-refractivity contribution in [1.82, 2.24) is 5.32 Å². The number of amides is 1. The predicted molar refractivity (Wildman–Crippen MR) is 104 cm³/mol. The van der Waals surface area contributed by atoms with Gasteiger partial charge in [-0.1, -0.05) is 24.3 Å². The van der Waals surface area contributed by atoms with Crippen molar-refractivity contribution in [3.63, 3.8) is 0 Å². The molecule has 0 aliphatic heterocycles. The molecule has 1 amide bonds. The molecule has 0 fully saturated rings. The second-order valence-electron chi connectivity index (χ2n) is 5.45. The van der Waals surface area contributed by atoms with Crippen molar-refractivity contribution in [2.75, 3.05) is 17.1 Å². The van der Waals surface area contributed by atoms with Crippen LogP contribution in [0.3, 0.4) is 0 Å². The molecule has 7 heteroatoms. The summed E-state index contributed by atoms with van der Waals surface area (Å²) in [7, 11) is -3.55. The van der Waals surface area contributed by atoms with Crippen molar-refractivity contribution in [3.05, 3.63) is 63.2 Å². The molecule has 2 rings (SSSR count). The third kappa shape index (κ3) is 5.20. The van der Waals surface area contributed by atoms with E-state index in [0.29, 0.717) is 12.2 Å². The molecule has 0 radical (unpaired) electrons. The van der Waals surface area contributed by atoms with Crippen molar-refractivity contribution in [2.24, 2.45) is 0 Å². The van der Waals surface area contributed by atoms with E-state index in [1.165, 1.54) is 0 Å². The Kier molecular flexibility index (Phi) is 6.22. The molecule has 0 spiro atoms. The number of hydrogen-bond donors (Lipinski definition) is 1. The van der Waals surface area contributed by atoms with Crippen LogP contribution in [0.5, 0.6) is 0 Å². The molecular formula is C17H19IN2O3S. The van der Waals surface area contributed by atoms with Gasteiger partial charge in [0.1, 0.15) is 6.54 Å². The van der Waals surface area contributed by atoms with E-state index in [1.54, 1.807) is 24.3 Å². The molecule has 2 aromatic rings. The quantitative estimate of drug-likeness (QED) is 0.678. The van der Waals surface area contributed by atoms with E-state index in [2.05, 4.69) is 27.9 Å². The Morgan fingerprint density at radius 3 is 2.33 bits per heavy atom. The first-order valence-corrected chi connectivity index (χ1v) is 10.2. The average molecular weight is 458 g/mol.